The Morgan fingerprint density at radius 2 is 1.70 bits per heavy atom. The summed E-state index contributed by atoms with van der Waals surface area (Å²) in [5.41, 5.74) is 1.68. The second-order valence-corrected chi connectivity index (χ2v) is 6.63. The highest BCUT2D eigenvalue weighted by Crippen LogP contribution is 2.31. The number of benzene rings is 2. The minimum atomic E-state index is -0.460. The van der Waals surface area contributed by atoms with Gasteiger partial charge in [0, 0.05) is 18.6 Å². The van der Waals surface area contributed by atoms with Gasteiger partial charge in [0.2, 0.25) is 0 Å². The zero-order valence-electron chi connectivity index (χ0n) is 14.9. The van der Waals surface area contributed by atoms with Crippen LogP contribution in [0.15, 0.2) is 42.5 Å². The van der Waals surface area contributed by atoms with Crippen LogP contribution in [0.3, 0.4) is 0 Å². The number of amides is 1. The van der Waals surface area contributed by atoms with E-state index in [-0.39, 0.29) is 18.9 Å². The Bertz CT molecular complexity index is 822. The van der Waals surface area contributed by atoms with Crippen molar-refractivity contribution in [2.24, 2.45) is 0 Å². The molecule has 6 nitrogen and oxygen atoms in total. The Morgan fingerprint density at radius 3 is 2.44 bits per heavy atom. The summed E-state index contributed by atoms with van der Waals surface area (Å²) < 4.78 is 16.1. The van der Waals surface area contributed by atoms with E-state index >= 15 is 0 Å². The lowest BCUT2D eigenvalue weighted by molar-refractivity contribution is -0.151. The van der Waals surface area contributed by atoms with Crippen molar-refractivity contribution < 1.29 is 23.8 Å². The van der Waals surface area contributed by atoms with Crippen molar-refractivity contribution in [3.05, 3.63) is 58.6 Å². The van der Waals surface area contributed by atoms with E-state index in [1.165, 1.54) is 4.90 Å². The van der Waals surface area contributed by atoms with Gasteiger partial charge in [0.05, 0.1) is 6.42 Å². The molecule has 2 aromatic rings. The number of rotatable bonds is 6. The van der Waals surface area contributed by atoms with Gasteiger partial charge in [0.25, 0.3) is 5.91 Å². The van der Waals surface area contributed by atoms with Gasteiger partial charge in [-0.1, -0.05) is 29.8 Å². The average molecular weight is 390 g/mol. The van der Waals surface area contributed by atoms with Crippen molar-refractivity contribution >= 4 is 23.5 Å². The summed E-state index contributed by atoms with van der Waals surface area (Å²) in [5, 5.41) is 0.600. The van der Waals surface area contributed by atoms with E-state index in [2.05, 4.69) is 0 Å². The molecule has 0 saturated carbocycles. The molecule has 0 spiro atoms. The standard InChI is InChI=1S/C20H20ClNO5/c1-22(12-15-4-7-17-18(10-15)26-9-8-25-17)19(23)13-27-20(24)11-14-2-5-16(21)6-3-14/h2-7,10H,8-9,11-13H2,1H3. The molecular weight excluding hydrogens is 370 g/mol. The second kappa shape index (κ2) is 8.77. The zero-order chi connectivity index (χ0) is 19.2. The maximum Gasteiger partial charge on any atom is 0.310 e. The van der Waals surface area contributed by atoms with Gasteiger partial charge in [-0.05, 0) is 35.4 Å². The molecule has 0 saturated heterocycles. The molecule has 7 heteroatoms. The number of fused-ring (bicyclic) bond motifs is 1. The van der Waals surface area contributed by atoms with Crippen LogP contribution in [0.25, 0.3) is 0 Å². The molecule has 0 fully saturated rings. The minimum absolute atomic E-state index is 0.0936. The fraction of sp³-hybridized carbons (Fsp3) is 0.300. The van der Waals surface area contributed by atoms with Crippen molar-refractivity contribution in [3.63, 3.8) is 0 Å². The fourth-order valence-electron chi connectivity index (χ4n) is 2.62. The summed E-state index contributed by atoms with van der Waals surface area (Å²) in [6.45, 7) is 1.12. The average Bonchev–Trinajstić information content (AvgIpc) is 2.67. The second-order valence-electron chi connectivity index (χ2n) is 6.19. The normalized spacial score (nSPS) is 12.4. The SMILES string of the molecule is CN(Cc1ccc2c(c1)OCCO2)C(=O)COC(=O)Cc1ccc(Cl)cc1. The minimum Gasteiger partial charge on any atom is -0.486 e. The third kappa shape index (κ3) is 5.37. The highest BCUT2D eigenvalue weighted by Gasteiger charge is 2.16. The molecule has 0 radical (unpaired) electrons. The van der Waals surface area contributed by atoms with Gasteiger partial charge in [0.15, 0.2) is 18.1 Å². The molecule has 0 aliphatic carbocycles. The summed E-state index contributed by atoms with van der Waals surface area (Å²) >= 11 is 5.81. The van der Waals surface area contributed by atoms with E-state index in [0.717, 1.165) is 11.1 Å². The Labute approximate surface area is 162 Å². The van der Waals surface area contributed by atoms with Crippen molar-refractivity contribution in [2.75, 3.05) is 26.9 Å². The molecule has 1 aliphatic heterocycles. The summed E-state index contributed by atoms with van der Waals surface area (Å²) in [6, 6.07) is 12.5. The monoisotopic (exact) mass is 389 g/mol. The lowest BCUT2D eigenvalue weighted by Crippen LogP contribution is -2.31. The molecule has 0 aromatic heterocycles. The van der Waals surface area contributed by atoms with Crippen molar-refractivity contribution in [2.45, 2.75) is 13.0 Å². The number of esters is 1. The van der Waals surface area contributed by atoms with Crippen molar-refractivity contribution in [1.29, 1.82) is 0 Å². The zero-order valence-corrected chi connectivity index (χ0v) is 15.7. The Balaban J connectivity index is 1.47. The quantitative estimate of drug-likeness (QED) is 0.711. The van der Waals surface area contributed by atoms with Crippen LogP contribution in [0.1, 0.15) is 11.1 Å². The molecule has 2 aromatic carbocycles. The van der Waals surface area contributed by atoms with Crippen LogP contribution in [0.4, 0.5) is 0 Å². The number of likely N-dealkylation sites (N-methyl/N-ethyl adjacent to an activating group) is 1. The third-order valence-electron chi connectivity index (χ3n) is 4.07. The van der Waals surface area contributed by atoms with Crippen molar-refractivity contribution in [1.82, 2.24) is 4.90 Å². The first-order valence-corrected chi connectivity index (χ1v) is 8.91. The maximum absolute atomic E-state index is 12.2. The highest BCUT2D eigenvalue weighted by molar-refractivity contribution is 6.30. The summed E-state index contributed by atoms with van der Waals surface area (Å²) in [6.07, 6.45) is 0.0936. The summed E-state index contributed by atoms with van der Waals surface area (Å²) in [5.74, 6) is 0.636. The molecule has 1 heterocycles. The smallest absolute Gasteiger partial charge is 0.310 e. The molecule has 1 amide bonds. The number of carbonyl (C=O) groups excluding carboxylic acids is 2. The van der Waals surface area contributed by atoms with Crippen LogP contribution in [0.5, 0.6) is 11.5 Å². The van der Waals surface area contributed by atoms with Crippen LogP contribution >= 0.6 is 11.6 Å². The number of ether oxygens (including phenoxy) is 3. The van der Waals surface area contributed by atoms with E-state index < -0.39 is 5.97 Å². The maximum atomic E-state index is 12.2. The van der Waals surface area contributed by atoms with Gasteiger partial charge in [0.1, 0.15) is 13.2 Å². The number of halogens is 1. The molecule has 0 bridgehead atoms. The lowest BCUT2D eigenvalue weighted by atomic mass is 10.1. The molecule has 3 rings (SSSR count). The van der Waals surface area contributed by atoms with E-state index in [4.69, 9.17) is 25.8 Å². The molecule has 142 valence electrons. The van der Waals surface area contributed by atoms with Gasteiger partial charge in [-0.15, -0.1) is 0 Å². The van der Waals surface area contributed by atoms with Crippen LogP contribution < -0.4 is 9.47 Å². The van der Waals surface area contributed by atoms with Gasteiger partial charge in [-0.3, -0.25) is 9.59 Å². The van der Waals surface area contributed by atoms with Gasteiger partial charge >= 0.3 is 5.97 Å². The third-order valence-corrected chi connectivity index (χ3v) is 4.32. The van der Waals surface area contributed by atoms with E-state index in [1.54, 1.807) is 31.3 Å². The fourth-order valence-corrected chi connectivity index (χ4v) is 2.75. The Kier molecular flexibility index (Phi) is 6.19. The lowest BCUT2D eigenvalue weighted by Gasteiger charge is -2.21. The molecule has 0 unspecified atom stereocenters. The number of carbonyl (C=O) groups is 2. The largest absolute Gasteiger partial charge is 0.486 e. The predicted octanol–water partition coefficient (Wildman–Crippen LogP) is 2.86. The van der Waals surface area contributed by atoms with E-state index in [1.807, 2.05) is 18.2 Å². The van der Waals surface area contributed by atoms with Crippen LogP contribution in [-0.4, -0.2) is 43.6 Å². The molecule has 0 N–H and O–H groups in total. The molecular formula is C20H20ClNO5. The first-order valence-electron chi connectivity index (χ1n) is 8.54. The molecule has 0 atom stereocenters. The Morgan fingerprint density at radius 1 is 1.04 bits per heavy atom. The molecule has 27 heavy (non-hydrogen) atoms. The van der Waals surface area contributed by atoms with Crippen LogP contribution in [0.2, 0.25) is 5.02 Å². The topological polar surface area (TPSA) is 65.1 Å². The van der Waals surface area contributed by atoms with Gasteiger partial charge in [-0.2, -0.15) is 0 Å². The van der Waals surface area contributed by atoms with E-state index in [0.29, 0.717) is 36.3 Å². The van der Waals surface area contributed by atoms with Crippen LogP contribution in [-0.2, 0) is 27.3 Å². The predicted molar refractivity (Wildman–Crippen MR) is 100 cm³/mol. The van der Waals surface area contributed by atoms with E-state index in [9.17, 15) is 9.59 Å². The number of nitrogens with zero attached hydrogens (tertiary/aromatic N) is 1. The van der Waals surface area contributed by atoms with Gasteiger partial charge < -0.3 is 19.1 Å². The Hall–Kier alpha value is -2.73. The van der Waals surface area contributed by atoms with Gasteiger partial charge in [-0.25, -0.2) is 0 Å². The first kappa shape index (κ1) is 19.0. The summed E-state index contributed by atoms with van der Waals surface area (Å²) in [4.78, 5) is 25.6. The number of hydrogen-bond donors (Lipinski definition) is 0. The first-order chi connectivity index (χ1) is 13.0. The molecule has 1 aliphatic rings. The van der Waals surface area contributed by atoms with Crippen LogP contribution in [0, 0.1) is 0 Å². The number of hydrogen-bond acceptors (Lipinski definition) is 5. The highest BCUT2D eigenvalue weighted by atomic mass is 35.5. The summed E-state index contributed by atoms with van der Waals surface area (Å²) in [7, 11) is 1.66. The van der Waals surface area contributed by atoms with Crippen molar-refractivity contribution in [3.8, 4) is 11.5 Å².